The highest BCUT2D eigenvalue weighted by Crippen LogP contribution is 2.28. The third kappa shape index (κ3) is 3.95. The van der Waals surface area contributed by atoms with E-state index in [4.69, 9.17) is 0 Å². The van der Waals surface area contributed by atoms with Crippen LogP contribution in [0.4, 0.5) is 13.2 Å². The van der Waals surface area contributed by atoms with E-state index in [0.717, 1.165) is 12.1 Å². The molecule has 1 heterocycles. The maximum atomic E-state index is 12.4. The van der Waals surface area contributed by atoms with Crippen LogP contribution in [0.1, 0.15) is 21.6 Å². The van der Waals surface area contributed by atoms with E-state index in [9.17, 15) is 22.8 Å². The Kier molecular flexibility index (Phi) is 4.11. The van der Waals surface area contributed by atoms with Crippen LogP contribution in [0.15, 0.2) is 47.3 Å². The summed E-state index contributed by atoms with van der Waals surface area (Å²) in [7, 11) is 0. The molecule has 0 spiro atoms. The van der Waals surface area contributed by atoms with Gasteiger partial charge in [-0.1, -0.05) is 18.2 Å². The molecule has 0 aliphatic carbocycles. The van der Waals surface area contributed by atoms with Gasteiger partial charge >= 0.3 is 6.18 Å². The number of alkyl halides is 3. The maximum absolute atomic E-state index is 12.4. The second-order valence-electron chi connectivity index (χ2n) is 4.31. The quantitative estimate of drug-likeness (QED) is 0.913. The molecule has 7 heteroatoms. The molecule has 2 N–H and O–H groups in total. The molecular weight excluding hydrogens is 285 g/mol. The van der Waals surface area contributed by atoms with Crippen molar-refractivity contribution in [3.05, 3.63) is 69.6 Å². The number of aromatic nitrogens is 1. The van der Waals surface area contributed by atoms with Crippen LogP contribution in [-0.2, 0) is 12.7 Å². The van der Waals surface area contributed by atoms with Crippen LogP contribution < -0.4 is 10.9 Å². The molecule has 1 aromatic heterocycles. The summed E-state index contributed by atoms with van der Waals surface area (Å²) in [6.45, 7) is 0.0634. The summed E-state index contributed by atoms with van der Waals surface area (Å²) in [4.78, 5) is 25.1. The molecule has 0 saturated heterocycles. The first kappa shape index (κ1) is 14.8. The van der Waals surface area contributed by atoms with Gasteiger partial charge in [-0.05, 0) is 23.8 Å². The van der Waals surface area contributed by atoms with Crippen LogP contribution in [0.25, 0.3) is 0 Å². The van der Waals surface area contributed by atoms with Gasteiger partial charge in [0.15, 0.2) is 0 Å². The lowest BCUT2D eigenvalue weighted by molar-refractivity contribution is -0.137. The molecule has 0 unspecified atom stereocenters. The van der Waals surface area contributed by atoms with Crippen molar-refractivity contribution in [3.8, 4) is 0 Å². The minimum Gasteiger partial charge on any atom is -0.347 e. The van der Waals surface area contributed by atoms with Crippen LogP contribution in [0.2, 0.25) is 0 Å². The number of hydrogen-bond donors (Lipinski definition) is 2. The van der Waals surface area contributed by atoms with Crippen molar-refractivity contribution in [2.24, 2.45) is 0 Å². The highest BCUT2D eigenvalue weighted by Gasteiger charge is 2.29. The molecular formula is C14H11F3N2O2. The molecule has 0 atom stereocenters. The van der Waals surface area contributed by atoms with Crippen molar-refractivity contribution in [3.63, 3.8) is 0 Å². The number of rotatable bonds is 3. The Hall–Kier alpha value is -2.57. The highest BCUT2D eigenvalue weighted by molar-refractivity contribution is 5.92. The number of carbonyl (C=O) groups excluding carboxylic acids is 1. The summed E-state index contributed by atoms with van der Waals surface area (Å²) in [5.74, 6) is -0.507. The zero-order chi connectivity index (χ0) is 15.5. The van der Waals surface area contributed by atoms with Gasteiger partial charge in [0.25, 0.3) is 5.91 Å². The Morgan fingerprint density at radius 1 is 1.10 bits per heavy atom. The summed E-state index contributed by atoms with van der Waals surface area (Å²) in [5, 5.41) is 2.51. The average molecular weight is 296 g/mol. The Bertz CT molecular complexity index is 690. The van der Waals surface area contributed by atoms with Crippen molar-refractivity contribution in [2.45, 2.75) is 12.7 Å². The topological polar surface area (TPSA) is 62.0 Å². The van der Waals surface area contributed by atoms with Gasteiger partial charge in [0.05, 0.1) is 5.56 Å². The Morgan fingerprint density at radius 2 is 1.76 bits per heavy atom. The van der Waals surface area contributed by atoms with Crippen molar-refractivity contribution in [2.75, 3.05) is 0 Å². The number of nitrogens with one attached hydrogen (secondary N) is 2. The van der Waals surface area contributed by atoms with Crippen LogP contribution in [0, 0.1) is 0 Å². The van der Waals surface area contributed by atoms with Crippen molar-refractivity contribution < 1.29 is 18.0 Å². The molecule has 2 aromatic rings. The van der Waals surface area contributed by atoms with E-state index in [1.807, 2.05) is 0 Å². The number of halogens is 3. The monoisotopic (exact) mass is 296 g/mol. The molecule has 0 aliphatic rings. The number of carbonyl (C=O) groups is 1. The van der Waals surface area contributed by atoms with E-state index >= 15 is 0 Å². The molecule has 21 heavy (non-hydrogen) atoms. The fourth-order valence-electron chi connectivity index (χ4n) is 1.67. The smallest absolute Gasteiger partial charge is 0.347 e. The number of amides is 1. The van der Waals surface area contributed by atoms with E-state index in [2.05, 4.69) is 10.3 Å². The van der Waals surface area contributed by atoms with Gasteiger partial charge in [-0.3, -0.25) is 9.59 Å². The fraction of sp³-hybridized carbons (Fsp3) is 0.143. The van der Waals surface area contributed by atoms with Gasteiger partial charge in [-0.25, -0.2) is 0 Å². The molecule has 2 rings (SSSR count). The zero-order valence-electron chi connectivity index (χ0n) is 10.7. The number of hydrogen-bond acceptors (Lipinski definition) is 2. The van der Waals surface area contributed by atoms with Gasteiger partial charge in [-0.15, -0.1) is 0 Å². The summed E-state index contributed by atoms with van der Waals surface area (Å²) >= 11 is 0. The van der Waals surface area contributed by atoms with Gasteiger partial charge in [0.1, 0.15) is 5.69 Å². The lowest BCUT2D eigenvalue weighted by Crippen LogP contribution is -2.25. The largest absolute Gasteiger partial charge is 0.416 e. The van der Waals surface area contributed by atoms with E-state index in [1.54, 1.807) is 0 Å². The minimum atomic E-state index is -4.38. The molecule has 0 fully saturated rings. The summed E-state index contributed by atoms with van der Waals surface area (Å²) < 4.78 is 37.2. The summed E-state index contributed by atoms with van der Waals surface area (Å²) in [5.41, 5.74) is -0.536. The van der Waals surface area contributed by atoms with Crippen molar-refractivity contribution in [1.82, 2.24) is 10.3 Å². The summed E-state index contributed by atoms with van der Waals surface area (Å²) in [6, 6.07) is 8.62. The molecule has 0 saturated carbocycles. The van der Waals surface area contributed by atoms with Crippen molar-refractivity contribution in [1.29, 1.82) is 0 Å². The lowest BCUT2D eigenvalue weighted by Gasteiger charge is -2.08. The minimum absolute atomic E-state index is 0.0634. The van der Waals surface area contributed by atoms with E-state index < -0.39 is 23.2 Å². The number of benzene rings is 1. The van der Waals surface area contributed by atoms with Crippen LogP contribution in [0.5, 0.6) is 0 Å². The lowest BCUT2D eigenvalue weighted by atomic mass is 10.1. The molecule has 4 nitrogen and oxygen atoms in total. The van der Waals surface area contributed by atoms with Gasteiger partial charge in [0.2, 0.25) is 5.56 Å². The van der Waals surface area contributed by atoms with Crippen LogP contribution in [-0.4, -0.2) is 10.9 Å². The Morgan fingerprint density at radius 3 is 2.33 bits per heavy atom. The first-order chi connectivity index (χ1) is 9.86. The second-order valence-corrected chi connectivity index (χ2v) is 4.31. The number of aromatic amines is 1. The first-order valence-corrected chi connectivity index (χ1v) is 6.00. The molecule has 0 bridgehead atoms. The zero-order valence-corrected chi connectivity index (χ0v) is 10.7. The standard InChI is InChI=1S/C14H11F3N2O2/c15-14(16,17)10-6-4-9(5-7-10)8-18-13(21)11-2-1-3-12(20)19-11/h1-7H,8H2,(H,18,21)(H,19,20). The maximum Gasteiger partial charge on any atom is 0.416 e. The van der Waals surface area contributed by atoms with E-state index in [-0.39, 0.29) is 12.2 Å². The molecule has 1 aromatic carbocycles. The predicted octanol–water partition coefficient (Wildman–Crippen LogP) is 2.32. The Balaban J connectivity index is 2.00. The van der Waals surface area contributed by atoms with Gasteiger partial charge < -0.3 is 10.3 Å². The van der Waals surface area contributed by atoms with Crippen molar-refractivity contribution >= 4 is 5.91 Å². The molecule has 0 radical (unpaired) electrons. The van der Waals surface area contributed by atoms with Crippen LogP contribution in [0.3, 0.4) is 0 Å². The number of H-pyrrole nitrogens is 1. The second kappa shape index (κ2) is 5.82. The molecule has 1 amide bonds. The van der Waals surface area contributed by atoms with Gasteiger partial charge in [0, 0.05) is 12.6 Å². The molecule has 110 valence electrons. The number of pyridine rings is 1. The fourth-order valence-corrected chi connectivity index (χ4v) is 1.67. The predicted molar refractivity (Wildman–Crippen MR) is 69.7 cm³/mol. The SMILES string of the molecule is O=C(NCc1ccc(C(F)(F)F)cc1)c1cccc(=O)[nH]1. The molecule has 0 aliphatic heterocycles. The Labute approximate surface area is 117 Å². The first-order valence-electron chi connectivity index (χ1n) is 6.00. The average Bonchev–Trinajstić information content (AvgIpc) is 2.44. The summed E-state index contributed by atoms with van der Waals surface area (Å²) in [6.07, 6.45) is -4.38. The third-order valence-corrected chi connectivity index (χ3v) is 2.75. The van der Waals surface area contributed by atoms with Gasteiger partial charge in [-0.2, -0.15) is 13.2 Å². The third-order valence-electron chi connectivity index (χ3n) is 2.75. The normalized spacial score (nSPS) is 11.2. The van der Waals surface area contributed by atoms with E-state index in [1.165, 1.54) is 30.3 Å². The van der Waals surface area contributed by atoms with E-state index in [0.29, 0.717) is 5.56 Å². The van der Waals surface area contributed by atoms with Crippen LogP contribution >= 0.6 is 0 Å². The highest BCUT2D eigenvalue weighted by atomic mass is 19.4.